The molecule has 0 fully saturated rings. The van der Waals surface area contributed by atoms with E-state index in [1.807, 2.05) is 69.8 Å². The minimum absolute atomic E-state index is 0.0593. The lowest BCUT2D eigenvalue weighted by Gasteiger charge is -2.28. The molecule has 0 saturated heterocycles. The van der Waals surface area contributed by atoms with Crippen LogP contribution in [-0.2, 0) is 32.7 Å². The first-order valence-corrected chi connectivity index (χ1v) is 22.9. The van der Waals surface area contributed by atoms with Gasteiger partial charge in [0.2, 0.25) is 0 Å². The third kappa shape index (κ3) is 41.1. The molecule has 0 radical (unpaired) electrons. The largest absolute Gasteiger partial charge is 0.756 e. The van der Waals surface area contributed by atoms with Crippen molar-refractivity contribution in [3.8, 4) is 0 Å². The van der Waals surface area contributed by atoms with Gasteiger partial charge in [-0.2, -0.15) is 0 Å². The van der Waals surface area contributed by atoms with Crippen molar-refractivity contribution in [2.75, 3.05) is 47.5 Å². The first kappa shape index (κ1) is 54.2. The number of hydrogen-bond donors (Lipinski definition) is 1. The molecule has 0 spiro atoms. The van der Waals surface area contributed by atoms with Gasteiger partial charge in [-0.05, 0) is 70.6 Å². The molecule has 0 aromatic rings. The average Bonchev–Trinajstić information content (AvgIpc) is 3.15. The molecular weight excluding hydrogens is 741 g/mol. The van der Waals surface area contributed by atoms with Crippen molar-refractivity contribution >= 4 is 19.8 Å². The molecule has 0 heterocycles. The number of allylic oxidation sites excluding steroid dienone is 12. The Morgan fingerprint density at radius 3 is 1.95 bits per heavy atom. The third-order valence-corrected chi connectivity index (χ3v) is 9.46. The number of phosphoric ester groups is 1. The van der Waals surface area contributed by atoms with E-state index in [1.165, 1.54) is 25.7 Å². The van der Waals surface area contributed by atoms with Crippen LogP contribution in [0.5, 0.6) is 0 Å². The Kier molecular flexibility index (Phi) is 35.6. The highest BCUT2D eigenvalue weighted by atomic mass is 31.2. The average molecular weight is 820 g/mol. The zero-order valence-electron chi connectivity index (χ0n) is 36.1. The Balaban J connectivity index is 4.60. The molecule has 10 nitrogen and oxygen atoms in total. The summed E-state index contributed by atoms with van der Waals surface area (Å²) in [5, 5.41) is 10.0. The van der Waals surface area contributed by atoms with Crippen LogP contribution in [-0.4, -0.2) is 81.2 Å². The maximum Gasteiger partial charge on any atom is 0.306 e. The van der Waals surface area contributed by atoms with Gasteiger partial charge in [0.25, 0.3) is 7.82 Å². The van der Waals surface area contributed by atoms with Gasteiger partial charge in [0, 0.05) is 12.8 Å². The van der Waals surface area contributed by atoms with E-state index in [4.69, 9.17) is 18.5 Å². The number of phosphoric acid groups is 1. The quantitative estimate of drug-likeness (QED) is 0.0162. The molecule has 0 rings (SSSR count). The number of nitrogens with zero attached hydrogens (tertiary/aromatic N) is 1. The van der Waals surface area contributed by atoms with E-state index in [1.54, 1.807) is 6.08 Å². The van der Waals surface area contributed by atoms with E-state index in [0.717, 1.165) is 57.8 Å². The van der Waals surface area contributed by atoms with E-state index in [-0.39, 0.29) is 26.1 Å². The lowest BCUT2D eigenvalue weighted by Crippen LogP contribution is -2.37. The molecule has 0 amide bonds. The van der Waals surface area contributed by atoms with Crippen LogP contribution in [0, 0.1) is 0 Å². The summed E-state index contributed by atoms with van der Waals surface area (Å²) >= 11 is 0. The Hall–Kier alpha value is -2.85. The fourth-order valence-electron chi connectivity index (χ4n) is 5.11. The number of rotatable bonds is 37. The van der Waals surface area contributed by atoms with Crippen molar-refractivity contribution in [2.24, 2.45) is 0 Å². The predicted molar refractivity (Wildman–Crippen MR) is 232 cm³/mol. The second kappa shape index (κ2) is 37.4. The number of hydrogen-bond acceptors (Lipinski definition) is 9. The molecule has 0 aliphatic heterocycles. The van der Waals surface area contributed by atoms with E-state index in [9.17, 15) is 24.2 Å². The van der Waals surface area contributed by atoms with Crippen molar-refractivity contribution in [2.45, 2.75) is 148 Å². The molecule has 0 aromatic heterocycles. The number of esters is 2. The molecule has 2 unspecified atom stereocenters. The summed E-state index contributed by atoms with van der Waals surface area (Å²) in [5.74, 6) is -0.982. The van der Waals surface area contributed by atoms with Crippen LogP contribution in [0.2, 0.25) is 0 Å². The van der Waals surface area contributed by atoms with Crippen LogP contribution < -0.4 is 4.89 Å². The van der Waals surface area contributed by atoms with Crippen molar-refractivity contribution in [1.29, 1.82) is 0 Å². The van der Waals surface area contributed by atoms with Gasteiger partial charge in [-0.25, -0.2) is 0 Å². The van der Waals surface area contributed by atoms with Crippen molar-refractivity contribution in [1.82, 2.24) is 0 Å². The number of carbonyl (C=O) groups is 2. The van der Waals surface area contributed by atoms with Crippen molar-refractivity contribution in [3.05, 3.63) is 85.1 Å². The Labute approximate surface area is 346 Å². The number of likely N-dealkylation sites (N-methyl/N-ethyl adjacent to an activating group) is 1. The standard InChI is InChI=1S/C46H78NO9P/c1-6-8-10-12-14-15-16-17-18-22-25-29-33-37-45(49)53-41-44(42-55-57(51,52)54-40-39-47(3,4)5)56-46(50)38-34-30-26-23-20-19-21-24-28-32-36-43(48)35-31-27-13-11-9-7-2/h9,11,15-16,19-20,24,26-28,30-32,36,43-44,48H,6-8,10,12-14,17-18,21-23,25,29,33-35,37-42H2,1-5H3/b11-9-,16-15-,20-19-,28-24-,30-26-,31-27-,36-32+/t43?,44-/m1/s1. The molecule has 326 valence electrons. The lowest BCUT2D eigenvalue weighted by molar-refractivity contribution is -0.870. The number of unbranched alkanes of at least 4 members (excludes halogenated alkanes) is 9. The summed E-state index contributed by atoms with van der Waals surface area (Å²) in [6, 6.07) is 0. The topological polar surface area (TPSA) is 131 Å². The number of ether oxygens (including phenoxy) is 2. The van der Waals surface area contributed by atoms with Gasteiger partial charge in [0.15, 0.2) is 6.10 Å². The Bertz CT molecular complexity index is 1260. The highest BCUT2D eigenvalue weighted by Crippen LogP contribution is 2.38. The first-order chi connectivity index (χ1) is 27.4. The SMILES string of the molecule is CC/C=C\C/C=C\CC(O)/C=C/C=C\C/C=C\C/C=C\CCC(=O)O[C@H](COC(=O)CCCCCCC/C=C\CCCCCC)COP(=O)([O-])OCC[N+](C)(C)C. The molecule has 57 heavy (non-hydrogen) atoms. The fourth-order valence-corrected chi connectivity index (χ4v) is 5.84. The van der Waals surface area contributed by atoms with Crippen LogP contribution in [0.15, 0.2) is 85.1 Å². The highest BCUT2D eigenvalue weighted by molar-refractivity contribution is 7.45. The zero-order chi connectivity index (χ0) is 42.3. The monoisotopic (exact) mass is 820 g/mol. The van der Waals surface area contributed by atoms with Crippen LogP contribution in [0.4, 0.5) is 0 Å². The Morgan fingerprint density at radius 2 is 1.26 bits per heavy atom. The summed E-state index contributed by atoms with van der Waals surface area (Å²) in [6.07, 6.45) is 43.7. The maximum atomic E-state index is 12.6. The van der Waals surface area contributed by atoms with Crippen molar-refractivity contribution < 1.29 is 47.2 Å². The summed E-state index contributed by atoms with van der Waals surface area (Å²) in [5.41, 5.74) is 0. The van der Waals surface area contributed by atoms with Gasteiger partial charge in [-0.3, -0.25) is 14.2 Å². The second-order valence-corrected chi connectivity index (χ2v) is 16.6. The van der Waals surface area contributed by atoms with Gasteiger partial charge in [0.05, 0.1) is 33.9 Å². The molecule has 0 bridgehead atoms. The molecule has 3 atom stereocenters. The zero-order valence-corrected chi connectivity index (χ0v) is 37.0. The van der Waals surface area contributed by atoms with Crippen LogP contribution >= 0.6 is 7.82 Å². The Morgan fingerprint density at radius 1 is 0.667 bits per heavy atom. The predicted octanol–water partition coefficient (Wildman–Crippen LogP) is 10.4. The van der Waals surface area contributed by atoms with Gasteiger partial charge in [-0.1, -0.05) is 137 Å². The van der Waals surface area contributed by atoms with E-state index in [2.05, 4.69) is 44.2 Å². The number of aliphatic hydroxyl groups excluding tert-OH is 1. The van der Waals surface area contributed by atoms with Crippen LogP contribution in [0.3, 0.4) is 0 Å². The second-order valence-electron chi connectivity index (χ2n) is 15.2. The minimum Gasteiger partial charge on any atom is -0.756 e. The molecule has 1 N–H and O–H groups in total. The van der Waals surface area contributed by atoms with Crippen LogP contribution in [0.1, 0.15) is 136 Å². The molecule has 0 aliphatic rings. The molecule has 0 aliphatic carbocycles. The molecule has 0 saturated carbocycles. The summed E-state index contributed by atoms with van der Waals surface area (Å²) in [4.78, 5) is 37.4. The van der Waals surface area contributed by atoms with E-state index >= 15 is 0 Å². The molecule has 11 heteroatoms. The van der Waals surface area contributed by atoms with Crippen molar-refractivity contribution in [3.63, 3.8) is 0 Å². The summed E-state index contributed by atoms with van der Waals surface area (Å²) in [6.45, 7) is 3.89. The third-order valence-electron chi connectivity index (χ3n) is 8.49. The van der Waals surface area contributed by atoms with E-state index in [0.29, 0.717) is 36.7 Å². The summed E-state index contributed by atoms with van der Waals surface area (Å²) < 4.78 is 33.7. The molecular formula is C46H78NO9P. The van der Waals surface area contributed by atoms with Crippen LogP contribution in [0.25, 0.3) is 0 Å². The lowest BCUT2D eigenvalue weighted by atomic mass is 10.1. The highest BCUT2D eigenvalue weighted by Gasteiger charge is 2.21. The summed E-state index contributed by atoms with van der Waals surface area (Å²) in [7, 11) is 1.07. The van der Waals surface area contributed by atoms with Gasteiger partial charge in [0.1, 0.15) is 19.8 Å². The molecule has 0 aromatic carbocycles. The smallest absolute Gasteiger partial charge is 0.306 e. The normalized spacial score (nSPS) is 15.0. The van der Waals surface area contributed by atoms with E-state index < -0.39 is 38.6 Å². The number of quaternary nitrogens is 1. The van der Waals surface area contributed by atoms with Gasteiger partial charge < -0.3 is 33.0 Å². The van der Waals surface area contributed by atoms with Gasteiger partial charge in [-0.15, -0.1) is 0 Å². The first-order valence-electron chi connectivity index (χ1n) is 21.4. The number of aliphatic hydroxyl groups is 1. The minimum atomic E-state index is -4.66. The fraction of sp³-hybridized carbons (Fsp3) is 0.652. The van der Waals surface area contributed by atoms with Gasteiger partial charge >= 0.3 is 11.9 Å². The maximum absolute atomic E-state index is 12.6. The number of carbonyl (C=O) groups excluding carboxylic acids is 2.